The van der Waals surface area contributed by atoms with Crippen LogP contribution in [0.4, 0.5) is 8.78 Å². The SMILES string of the molecule is CC(C)C(=O)OCC(F)(F)S(=O)(=O)[O-]. The summed E-state index contributed by atoms with van der Waals surface area (Å²) in [6.45, 7) is 1.02. The fourth-order valence-electron chi connectivity index (χ4n) is 0.394. The topological polar surface area (TPSA) is 83.5 Å². The van der Waals surface area contributed by atoms with Crippen molar-refractivity contribution in [2.75, 3.05) is 6.61 Å². The lowest BCUT2D eigenvalue weighted by molar-refractivity contribution is -0.153. The van der Waals surface area contributed by atoms with Gasteiger partial charge in [0.15, 0.2) is 16.7 Å². The van der Waals surface area contributed by atoms with E-state index in [0.717, 1.165) is 0 Å². The van der Waals surface area contributed by atoms with Crippen LogP contribution in [0, 0.1) is 5.92 Å². The molecule has 0 aromatic carbocycles. The van der Waals surface area contributed by atoms with E-state index in [1.807, 2.05) is 0 Å². The number of ether oxygens (including phenoxy) is 1. The smallest absolute Gasteiger partial charge is 0.367 e. The van der Waals surface area contributed by atoms with E-state index in [1.165, 1.54) is 13.8 Å². The molecule has 0 fully saturated rings. The van der Waals surface area contributed by atoms with Gasteiger partial charge in [-0.1, -0.05) is 13.8 Å². The number of esters is 1. The van der Waals surface area contributed by atoms with Crippen LogP contribution in [0.25, 0.3) is 0 Å². The van der Waals surface area contributed by atoms with Gasteiger partial charge in [-0.2, -0.15) is 8.78 Å². The van der Waals surface area contributed by atoms with E-state index in [2.05, 4.69) is 4.74 Å². The second kappa shape index (κ2) is 4.18. The minimum absolute atomic E-state index is 0.667. The Morgan fingerprint density at radius 1 is 1.50 bits per heavy atom. The van der Waals surface area contributed by atoms with Crippen LogP contribution in [0.15, 0.2) is 0 Å². The van der Waals surface area contributed by atoms with Crippen molar-refractivity contribution in [2.24, 2.45) is 5.92 Å². The Kier molecular flexibility index (Phi) is 3.95. The van der Waals surface area contributed by atoms with Crippen molar-refractivity contribution < 1.29 is 31.3 Å². The van der Waals surface area contributed by atoms with Gasteiger partial charge in [-0.3, -0.25) is 4.79 Å². The summed E-state index contributed by atoms with van der Waals surface area (Å²) in [7, 11) is -5.78. The summed E-state index contributed by atoms with van der Waals surface area (Å²) >= 11 is 0. The molecule has 0 saturated heterocycles. The average molecular weight is 231 g/mol. The van der Waals surface area contributed by atoms with Crippen molar-refractivity contribution in [1.29, 1.82) is 0 Å². The lowest BCUT2D eigenvalue weighted by Crippen LogP contribution is -2.35. The predicted octanol–water partition coefficient (Wildman–Crippen LogP) is 0.324. The molecule has 0 amide bonds. The molecular formula is C6H9F2O5S-. The standard InChI is InChI=1S/C6H10F2O5S/c1-4(2)5(9)13-3-6(7,8)14(10,11)12/h4H,3H2,1-2H3,(H,10,11,12)/p-1. The van der Waals surface area contributed by atoms with Gasteiger partial charge in [-0.25, -0.2) is 8.42 Å². The second-order valence-electron chi connectivity index (χ2n) is 2.85. The van der Waals surface area contributed by atoms with E-state index in [4.69, 9.17) is 0 Å². The summed E-state index contributed by atoms with van der Waals surface area (Å²) in [5, 5.41) is -4.57. The Morgan fingerprint density at radius 2 is 1.93 bits per heavy atom. The molecule has 0 unspecified atom stereocenters. The van der Waals surface area contributed by atoms with Gasteiger partial charge in [0.05, 0.1) is 5.92 Å². The van der Waals surface area contributed by atoms with Crippen LogP contribution in [-0.2, 0) is 19.6 Å². The molecule has 0 radical (unpaired) electrons. The maximum atomic E-state index is 12.4. The van der Waals surface area contributed by atoms with E-state index in [0.29, 0.717) is 0 Å². The van der Waals surface area contributed by atoms with Gasteiger partial charge in [0.25, 0.3) is 0 Å². The van der Waals surface area contributed by atoms with Crippen molar-refractivity contribution in [3.8, 4) is 0 Å². The lowest BCUT2D eigenvalue weighted by atomic mass is 10.2. The summed E-state index contributed by atoms with van der Waals surface area (Å²) in [6.07, 6.45) is 0. The minimum atomic E-state index is -5.78. The van der Waals surface area contributed by atoms with Crippen LogP contribution in [0.5, 0.6) is 0 Å². The van der Waals surface area contributed by atoms with Gasteiger partial charge in [0, 0.05) is 0 Å². The van der Waals surface area contributed by atoms with Crippen LogP contribution in [0.2, 0.25) is 0 Å². The van der Waals surface area contributed by atoms with Gasteiger partial charge in [0.2, 0.25) is 0 Å². The Hall–Kier alpha value is -0.760. The highest BCUT2D eigenvalue weighted by atomic mass is 32.2. The third-order valence-corrected chi connectivity index (χ3v) is 2.07. The first-order valence-electron chi connectivity index (χ1n) is 3.58. The maximum Gasteiger partial charge on any atom is 0.367 e. The molecule has 0 bridgehead atoms. The largest absolute Gasteiger partial charge is 0.743 e. The van der Waals surface area contributed by atoms with E-state index in [9.17, 15) is 26.5 Å². The average Bonchev–Trinajstić information content (AvgIpc) is 1.97. The Balaban J connectivity index is 4.35. The Labute approximate surface area is 79.8 Å². The highest BCUT2D eigenvalue weighted by Crippen LogP contribution is 2.20. The van der Waals surface area contributed by atoms with Crippen molar-refractivity contribution in [3.05, 3.63) is 0 Å². The van der Waals surface area contributed by atoms with Crippen molar-refractivity contribution in [2.45, 2.75) is 19.1 Å². The third-order valence-electron chi connectivity index (χ3n) is 1.22. The first-order valence-corrected chi connectivity index (χ1v) is 4.98. The zero-order chi connectivity index (χ0) is 11.6. The molecule has 0 aromatic rings. The Bertz CT molecular complexity index is 308. The summed E-state index contributed by atoms with van der Waals surface area (Å²) in [5.74, 6) is -1.66. The summed E-state index contributed by atoms with van der Waals surface area (Å²) in [4.78, 5) is 10.7. The van der Waals surface area contributed by atoms with Gasteiger partial charge >= 0.3 is 11.2 Å². The quantitative estimate of drug-likeness (QED) is 0.514. The highest BCUT2D eigenvalue weighted by Gasteiger charge is 2.39. The first-order chi connectivity index (χ1) is 6.08. The van der Waals surface area contributed by atoms with E-state index in [-0.39, 0.29) is 0 Å². The number of halogens is 2. The molecule has 0 N–H and O–H groups in total. The third kappa shape index (κ3) is 3.54. The molecule has 0 heterocycles. The molecule has 8 heteroatoms. The monoisotopic (exact) mass is 231 g/mol. The minimum Gasteiger partial charge on any atom is -0.743 e. The van der Waals surface area contributed by atoms with Gasteiger partial charge < -0.3 is 9.29 Å². The van der Waals surface area contributed by atoms with Crippen LogP contribution < -0.4 is 0 Å². The zero-order valence-electron chi connectivity index (χ0n) is 7.49. The first kappa shape index (κ1) is 13.2. The number of hydrogen-bond donors (Lipinski definition) is 0. The molecule has 0 aliphatic carbocycles. The van der Waals surface area contributed by atoms with Crippen molar-refractivity contribution in [1.82, 2.24) is 0 Å². The number of carbonyl (C=O) groups excluding carboxylic acids is 1. The van der Waals surface area contributed by atoms with E-state index in [1.54, 1.807) is 0 Å². The highest BCUT2D eigenvalue weighted by molar-refractivity contribution is 7.86. The summed E-state index contributed by atoms with van der Waals surface area (Å²) < 4.78 is 58.5. The molecule has 0 atom stereocenters. The molecule has 0 aliphatic rings. The second-order valence-corrected chi connectivity index (χ2v) is 4.36. The summed E-state index contributed by atoms with van der Waals surface area (Å²) in [5.41, 5.74) is 0. The van der Waals surface area contributed by atoms with Crippen molar-refractivity contribution >= 4 is 16.1 Å². The fourth-order valence-corrected chi connectivity index (χ4v) is 0.597. The van der Waals surface area contributed by atoms with Gasteiger partial charge in [-0.15, -0.1) is 0 Å². The van der Waals surface area contributed by atoms with Gasteiger partial charge in [-0.05, 0) is 0 Å². The Morgan fingerprint density at radius 3 is 2.21 bits per heavy atom. The molecule has 0 spiro atoms. The molecule has 0 aromatic heterocycles. The van der Waals surface area contributed by atoms with Gasteiger partial charge in [0.1, 0.15) is 0 Å². The fraction of sp³-hybridized carbons (Fsp3) is 0.833. The number of alkyl halides is 2. The number of hydrogen-bond acceptors (Lipinski definition) is 5. The molecule has 0 rings (SSSR count). The van der Waals surface area contributed by atoms with Crippen LogP contribution >= 0.6 is 0 Å². The normalized spacial score (nSPS) is 13.0. The molecule has 0 aliphatic heterocycles. The van der Waals surface area contributed by atoms with Crippen LogP contribution in [0.3, 0.4) is 0 Å². The van der Waals surface area contributed by atoms with E-state index < -0.39 is 33.9 Å². The lowest BCUT2D eigenvalue weighted by Gasteiger charge is -2.19. The van der Waals surface area contributed by atoms with Crippen LogP contribution in [0.1, 0.15) is 13.8 Å². The number of rotatable bonds is 4. The number of carbonyl (C=O) groups is 1. The van der Waals surface area contributed by atoms with E-state index >= 15 is 0 Å². The molecule has 14 heavy (non-hydrogen) atoms. The van der Waals surface area contributed by atoms with Crippen LogP contribution in [-0.4, -0.2) is 30.8 Å². The maximum absolute atomic E-state index is 12.4. The molecule has 5 nitrogen and oxygen atoms in total. The molecule has 84 valence electrons. The molecule has 0 saturated carbocycles. The van der Waals surface area contributed by atoms with Crippen molar-refractivity contribution in [3.63, 3.8) is 0 Å². The zero-order valence-corrected chi connectivity index (χ0v) is 8.31. The summed E-state index contributed by atoms with van der Waals surface area (Å²) in [6, 6.07) is 0. The predicted molar refractivity (Wildman–Crippen MR) is 40.4 cm³/mol. The molecular weight excluding hydrogens is 222 g/mol.